The topological polar surface area (TPSA) is 237 Å². The summed E-state index contributed by atoms with van der Waals surface area (Å²) in [5.41, 5.74) is 7.26. The number of fused-ring (bicyclic) bond motifs is 1. The van der Waals surface area contributed by atoms with Crippen molar-refractivity contribution in [3.05, 3.63) is 71.0 Å². The first-order valence-electron chi connectivity index (χ1n) is 17.9. The highest BCUT2D eigenvalue weighted by atomic mass is 32.2. The number of carbonyl (C=O) groups is 6. The summed E-state index contributed by atoms with van der Waals surface area (Å²) < 4.78 is 23.7. The van der Waals surface area contributed by atoms with E-state index >= 15 is 0 Å². The average Bonchev–Trinajstić information content (AvgIpc) is 3.39. The van der Waals surface area contributed by atoms with Gasteiger partial charge in [-0.3, -0.25) is 39.1 Å². The van der Waals surface area contributed by atoms with Crippen molar-refractivity contribution in [1.82, 2.24) is 35.3 Å². The molecule has 55 heavy (non-hydrogen) atoms. The van der Waals surface area contributed by atoms with Gasteiger partial charge < -0.3 is 26.2 Å². The Morgan fingerprint density at radius 1 is 0.945 bits per heavy atom. The van der Waals surface area contributed by atoms with Crippen molar-refractivity contribution in [3.8, 4) is 0 Å². The minimum absolute atomic E-state index is 0.0518. The number of nitrogens with one attached hydrogen (secondary N) is 3. The first kappa shape index (κ1) is 37.4. The minimum Gasteiger partial charge on any atom is -0.364 e. The number of aromatic nitrogens is 2. The van der Waals surface area contributed by atoms with Crippen LogP contribution in [0.1, 0.15) is 62.5 Å². The Kier molecular flexibility index (Phi) is 10.2. The van der Waals surface area contributed by atoms with E-state index in [1.54, 1.807) is 35.2 Å². The molecule has 5 N–H and O–H groups in total. The Morgan fingerprint density at radius 3 is 2.36 bits per heavy atom. The maximum absolute atomic E-state index is 13.4. The van der Waals surface area contributed by atoms with Crippen molar-refractivity contribution >= 4 is 62.7 Å². The lowest BCUT2D eigenvalue weighted by Gasteiger charge is -2.38. The van der Waals surface area contributed by atoms with Crippen molar-refractivity contribution in [2.45, 2.75) is 49.2 Å². The number of sulfone groups is 1. The van der Waals surface area contributed by atoms with Crippen LogP contribution in [-0.4, -0.2) is 126 Å². The Labute approximate surface area is 316 Å². The monoisotopic (exact) mass is 772 g/mol. The van der Waals surface area contributed by atoms with Gasteiger partial charge in [-0.15, -0.1) is 0 Å². The second-order valence-corrected chi connectivity index (χ2v) is 16.1. The molecule has 0 saturated carbocycles. The number of nitrogens with two attached hydrogens (primary N) is 1. The Hall–Kier alpha value is -5.95. The van der Waals surface area contributed by atoms with Crippen molar-refractivity contribution in [3.63, 3.8) is 0 Å². The Bertz CT molecular complexity index is 2190. The zero-order valence-electron chi connectivity index (χ0n) is 30.0. The lowest BCUT2D eigenvalue weighted by Crippen LogP contribution is -2.56. The number of piperidine rings is 2. The summed E-state index contributed by atoms with van der Waals surface area (Å²) in [5, 5.41) is 8.37. The number of hydrogen-bond acceptors (Lipinski definition) is 13. The molecule has 0 radical (unpaired) electrons. The van der Waals surface area contributed by atoms with Gasteiger partial charge in [-0.05, 0) is 61.2 Å². The first-order chi connectivity index (χ1) is 26.2. The zero-order chi connectivity index (χ0) is 39.0. The number of amides is 7. The summed E-state index contributed by atoms with van der Waals surface area (Å²) in [7, 11) is -3.39. The molecule has 7 amide bonds. The lowest BCUT2D eigenvalue weighted by molar-refractivity contribution is -0.136. The van der Waals surface area contributed by atoms with Crippen LogP contribution >= 0.6 is 0 Å². The van der Waals surface area contributed by atoms with Gasteiger partial charge in [0.2, 0.25) is 11.8 Å². The highest BCUT2D eigenvalue weighted by Crippen LogP contribution is 2.29. The van der Waals surface area contributed by atoms with Crippen LogP contribution in [0.5, 0.6) is 0 Å². The Balaban J connectivity index is 0.925. The third-order valence-corrected chi connectivity index (χ3v) is 11.3. The van der Waals surface area contributed by atoms with Gasteiger partial charge in [-0.25, -0.2) is 23.2 Å². The van der Waals surface area contributed by atoms with E-state index in [0.29, 0.717) is 57.3 Å². The van der Waals surface area contributed by atoms with E-state index in [2.05, 4.69) is 30.8 Å². The van der Waals surface area contributed by atoms with E-state index in [1.807, 2.05) is 4.90 Å². The summed E-state index contributed by atoms with van der Waals surface area (Å²) >= 11 is 0. The fourth-order valence-electron chi connectivity index (χ4n) is 7.27. The van der Waals surface area contributed by atoms with Crippen molar-refractivity contribution in [1.29, 1.82) is 0 Å². The van der Waals surface area contributed by atoms with Gasteiger partial charge in [-0.2, -0.15) is 0 Å². The normalized spacial score (nSPS) is 20.6. The smallest absolute Gasteiger partial charge is 0.317 e. The fraction of sp³-hybridized carbons (Fsp3) is 0.389. The molecule has 3 saturated heterocycles. The number of imide groups is 2. The van der Waals surface area contributed by atoms with Gasteiger partial charge >= 0.3 is 6.03 Å². The molecule has 3 fully saturated rings. The van der Waals surface area contributed by atoms with Crippen molar-refractivity contribution in [2.75, 3.05) is 55.7 Å². The summed E-state index contributed by atoms with van der Waals surface area (Å²) in [6, 6.07) is 9.68. The molecule has 4 aliphatic rings. The predicted octanol–water partition coefficient (Wildman–Crippen LogP) is 0.620. The van der Waals surface area contributed by atoms with Gasteiger partial charge in [0.25, 0.3) is 17.7 Å². The second-order valence-electron chi connectivity index (χ2n) is 14.0. The molecule has 4 aliphatic heterocycles. The average molecular weight is 773 g/mol. The van der Waals surface area contributed by atoms with Crippen molar-refractivity contribution in [2.24, 2.45) is 5.73 Å². The number of nitrogens with zero attached hydrogens (tertiary/aromatic N) is 6. The van der Waals surface area contributed by atoms with E-state index in [9.17, 15) is 37.2 Å². The molecule has 3 aromatic rings. The van der Waals surface area contributed by atoms with E-state index in [4.69, 9.17) is 5.73 Å². The Morgan fingerprint density at radius 2 is 1.67 bits per heavy atom. The van der Waals surface area contributed by atoms with Crippen LogP contribution in [0.4, 0.5) is 22.1 Å². The maximum atomic E-state index is 13.4. The molecule has 0 aliphatic carbocycles. The summed E-state index contributed by atoms with van der Waals surface area (Å²) in [5.74, 6) is -2.36. The van der Waals surface area contributed by atoms with Crippen molar-refractivity contribution < 1.29 is 37.2 Å². The summed E-state index contributed by atoms with van der Waals surface area (Å²) in [6.45, 7) is 3.74. The van der Waals surface area contributed by atoms with Gasteiger partial charge in [0.15, 0.2) is 21.3 Å². The molecule has 1 aromatic heterocycles. The van der Waals surface area contributed by atoms with Crippen LogP contribution in [0.15, 0.2) is 53.6 Å². The number of urea groups is 1. The molecule has 2 aromatic carbocycles. The van der Waals surface area contributed by atoms with E-state index < -0.39 is 45.4 Å². The highest BCUT2D eigenvalue weighted by Gasteiger charge is 2.44. The van der Waals surface area contributed by atoms with Crippen LogP contribution in [0.25, 0.3) is 0 Å². The molecule has 0 bridgehead atoms. The lowest BCUT2D eigenvalue weighted by atomic mass is 10.0. The quantitative estimate of drug-likeness (QED) is 0.219. The number of anilines is 3. The van der Waals surface area contributed by atoms with E-state index in [0.717, 1.165) is 29.6 Å². The SMILES string of the molecule is CS(=O)(=O)c1ccc(Nc2nc(N3CCCC(NC(=O)N4CCN(Cc5ccc6c(c5)C(=O)N(C5CCC(=O)NC5=O)C6=O)CC4)C3)cnc2C(N)=O)cc1. The molecular weight excluding hydrogens is 733 g/mol. The van der Waals surface area contributed by atoms with Crippen LogP contribution in [0, 0.1) is 0 Å². The molecule has 288 valence electrons. The van der Waals surface area contributed by atoms with E-state index in [1.165, 1.54) is 18.3 Å². The van der Waals surface area contributed by atoms with Crippen LogP contribution in [0.3, 0.4) is 0 Å². The number of primary amides is 1. The number of carbonyl (C=O) groups excluding carboxylic acids is 6. The maximum Gasteiger partial charge on any atom is 0.317 e. The summed E-state index contributed by atoms with van der Waals surface area (Å²) in [4.78, 5) is 91.7. The predicted molar refractivity (Wildman–Crippen MR) is 197 cm³/mol. The van der Waals surface area contributed by atoms with Gasteiger partial charge in [0.05, 0.1) is 22.2 Å². The standard InChI is InChI=1S/C36H40N10O8S/c1-55(53,54)24-7-5-22(6-8-24)39-32-30(31(37)48)38-18-28(41-32)45-12-2-3-23(20-45)40-36(52)44-15-13-43(14-16-44)19-21-4-9-25-26(17-21)35(51)46(34(25)50)27-10-11-29(47)42-33(27)49/h4-9,17-18,23,27H,2-3,10-16,19-20H2,1H3,(H2,37,48)(H,39,41)(H,40,52)(H,42,47,49). The molecule has 2 atom stereocenters. The molecule has 5 heterocycles. The zero-order valence-corrected chi connectivity index (χ0v) is 30.8. The molecule has 0 spiro atoms. The number of rotatable bonds is 9. The fourth-order valence-corrected chi connectivity index (χ4v) is 7.91. The third-order valence-electron chi connectivity index (χ3n) is 10.2. The largest absolute Gasteiger partial charge is 0.364 e. The molecular formula is C36H40N10O8S. The number of benzene rings is 2. The van der Waals surface area contributed by atoms with Gasteiger partial charge in [-0.1, -0.05) is 6.07 Å². The van der Waals surface area contributed by atoms with Gasteiger partial charge in [0, 0.05) is 70.2 Å². The minimum atomic E-state index is -3.39. The van der Waals surface area contributed by atoms with Crippen LogP contribution in [-0.2, 0) is 26.0 Å². The van der Waals surface area contributed by atoms with Gasteiger partial charge in [0.1, 0.15) is 11.9 Å². The van der Waals surface area contributed by atoms with E-state index in [-0.39, 0.29) is 52.4 Å². The van der Waals surface area contributed by atoms with Crippen LogP contribution < -0.4 is 26.6 Å². The first-order valence-corrected chi connectivity index (χ1v) is 19.8. The van der Waals surface area contributed by atoms with Crippen LogP contribution in [0.2, 0.25) is 0 Å². The second kappa shape index (κ2) is 15.1. The molecule has 19 heteroatoms. The number of piperazine rings is 1. The highest BCUT2D eigenvalue weighted by molar-refractivity contribution is 7.90. The molecule has 18 nitrogen and oxygen atoms in total. The number of hydrogen-bond donors (Lipinski definition) is 4. The molecule has 7 rings (SSSR count). The molecule has 2 unspecified atom stereocenters. The summed E-state index contributed by atoms with van der Waals surface area (Å²) in [6.07, 6.45) is 4.25. The third kappa shape index (κ3) is 7.97.